The third-order valence-electron chi connectivity index (χ3n) is 2.52. The predicted octanol–water partition coefficient (Wildman–Crippen LogP) is -0.124. The van der Waals surface area contributed by atoms with E-state index in [1.807, 2.05) is 0 Å². The van der Waals surface area contributed by atoms with Crippen molar-refractivity contribution in [3.8, 4) is 0 Å². The molecule has 1 rings (SSSR count). The van der Waals surface area contributed by atoms with Gasteiger partial charge in [0, 0.05) is 5.56 Å². The van der Waals surface area contributed by atoms with E-state index in [4.69, 9.17) is 20.4 Å². The lowest BCUT2D eigenvalue weighted by Gasteiger charge is -2.21. The number of hydrogen-bond acceptors (Lipinski definition) is 4. The zero-order valence-corrected chi connectivity index (χ0v) is 9.23. The second kappa shape index (κ2) is 4.77. The van der Waals surface area contributed by atoms with Crippen molar-refractivity contribution in [2.75, 3.05) is 0 Å². The van der Waals surface area contributed by atoms with Crippen LogP contribution in [-0.4, -0.2) is 44.3 Å². The van der Waals surface area contributed by atoms with Crippen molar-refractivity contribution >= 4 is 23.9 Å². The first-order valence-corrected chi connectivity index (χ1v) is 4.79. The number of aromatic carboxylic acids is 1. The molecule has 0 aliphatic heterocycles. The number of aliphatic carboxylic acids is 3. The van der Waals surface area contributed by atoms with Gasteiger partial charge in [-0.25, -0.2) is 19.2 Å². The van der Waals surface area contributed by atoms with Gasteiger partial charge in [0.1, 0.15) is 0 Å². The van der Waals surface area contributed by atoms with Gasteiger partial charge in [-0.15, -0.1) is 0 Å². The number of benzene rings is 1. The van der Waals surface area contributed by atoms with Crippen LogP contribution in [0.2, 0.25) is 0 Å². The quantitative estimate of drug-likeness (QED) is 0.539. The van der Waals surface area contributed by atoms with Crippen LogP contribution in [0.3, 0.4) is 0 Å². The molecule has 1 aromatic carbocycles. The molecule has 8 nitrogen and oxygen atoms in total. The lowest BCUT2D eigenvalue weighted by atomic mass is 9.78. The molecule has 1 aromatic rings. The molecule has 19 heavy (non-hydrogen) atoms. The molecule has 0 bridgehead atoms. The van der Waals surface area contributed by atoms with Crippen LogP contribution in [0.15, 0.2) is 24.3 Å². The molecular formula is C11H8O8. The van der Waals surface area contributed by atoms with E-state index in [9.17, 15) is 19.2 Å². The van der Waals surface area contributed by atoms with E-state index in [2.05, 4.69) is 0 Å². The zero-order chi connectivity index (χ0) is 14.8. The number of carboxylic acid groups (broad SMARTS) is 4. The lowest BCUT2D eigenvalue weighted by molar-refractivity contribution is -0.167. The topological polar surface area (TPSA) is 149 Å². The van der Waals surface area contributed by atoms with Crippen molar-refractivity contribution < 1.29 is 39.6 Å². The van der Waals surface area contributed by atoms with Gasteiger partial charge >= 0.3 is 23.9 Å². The summed E-state index contributed by atoms with van der Waals surface area (Å²) in [4.78, 5) is 44.3. The minimum absolute atomic E-state index is 0.699. The molecule has 0 aliphatic carbocycles. The maximum Gasteiger partial charge on any atom is 0.337 e. The minimum Gasteiger partial charge on any atom is -0.480 e. The Kier molecular flexibility index (Phi) is 3.55. The molecule has 0 saturated heterocycles. The van der Waals surface area contributed by atoms with Crippen molar-refractivity contribution in [3.05, 3.63) is 35.4 Å². The Morgan fingerprint density at radius 3 is 1.58 bits per heavy atom. The third-order valence-corrected chi connectivity index (χ3v) is 2.52. The zero-order valence-electron chi connectivity index (χ0n) is 9.23. The van der Waals surface area contributed by atoms with Gasteiger partial charge in [0.15, 0.2) is 0 Å². The first kappa shape index (κ1) is 14.2. The van der Waals surface area contributed by atoms with E-state index in [0.717, 1.165) is 18.2 Å². The first-order valence-electron chi connectivity index (χ1n) is 4.79. The standard InChI is InChI=1S/C11H8O8/c12-7(13)5-3-1-2-4-6(5)11(8(14)15,9(16)17)10(18)19/h1-4H,(H,12,13)(H,14,15)(H,16,17)(H,18,19). The third kappa shape index (κ3) is 1.99. The summed E-state index contributed by atoms with van der Waals surface area (Å²) < 4.78 is 0. The molecule has 100 valence electrons. The molecule has 0 fully saturated rings. The minimum atomic E-state index is -3.37. The average Bonchev–Trinajstić information content (AvgIpc) is 2.28. The highest BCUT2D eigenvalue weighted by atomic mass is 16.4. The Bertz CT molecular complexity index is 538. The van der Waals surface area contributed by atoms with Crippen LogP contribution in [-0.2, 0) is 19.8 Å². The monoisotopic (exact) mass is 268 g/mol. The fourth-order valence-electron chi connectivity index (χ4n) is 1.62. The summed E-state index contributed by atoms with van der Waals surface area (Å²) in [5, 5.41) is 35.8. The van der Waals surface area contributed by atoms with Gasteiger partial charge in [-0.1, -0.05) is 18.2 Å². The van der Waals surface area contributed by atoms with Crippen molar-refractivity contribution in [3.63, 3.8) is 0 Å². The summed E-state index contributed by atoms with van der Waals surface area (Å²) >= 11 is 0. The van der Waals surface area contributed by atoms with E-state index < -0.39 is 40.4 Å². The Morgan fingerprint density at radius 2 is 1.21 bits per heavy atom. The lowest BCUT2D eigenvalue weighted by Crippen LogP contribution is -2.51. The van der Waals surface area contributed by atoms with E-state index in [-0.39, 0.29) is 0 Å². The average molecular weight is 268 g/mol. The number of carboxylic acids is 4. The summed E-state index contributed by atoms with van der Waals surface area (Å²) in [6.45, 7) is 0. The molecule has 8 heteroatoms. The van der Waals surface area contributed by atoms with Crippen LogP contribution >= 0.6 is 0 Å². The van der Waals surface area contributed by atoms with E-state index in [1.54, 1.807) is 0 Å². The normalized spacial score (nSPS) is 10.7. The van der Waals surface area contributed by atoms with Crippen LogP contribution < -0.4 is 0 Å². The largest absolute Gasteiger partial charge is 0.480 e. The maximum absolute atomic E-state index is 11.1. The summed E-state index contributed by atoms with van der Waals surface area (Å²) in [5.41, 5.74) is -4.89. The molecule has 0 aromatic heterocycles. The molecule has 0 saturated carbocycles. The summed E-state index contributed by atoms with van der Waals surface area (Å²) in [5.74, 6) is -8.16. The smallest absolute Gasteiger partial charge is 0.337 e. The van der Waals surface area contributed by atoms with Crippen LogP contribution in [0.4, 0.5) is 0 Å². The second-order valence-electron chi connectivity index (χ2n) is 3.52. The van der Waals surface area contributed by atoms with Gasteiger partial charge in [-0.05, 0) is 6.07 Å². The summed E-state index contributed by atoms with van der Waals surface area (Å²) in [6, 6.07) is 4.16. The van der Waals surface area contributed by atoms with Crippen molar-refractivity contribution in [1.82, 2.24) is 0 Å². The Hall–Kier alpha value is -2.90. The van der Waals surface area contributed by atoms with Crippen molar-refractivity contribution in [2.45, 2.75) is 5.41 Å². The molecule has 0 radical (unpaired) electrons. The van der Waals surface area contributed by atoms with Gasteiger partial charge in [0.05, 0.1) is 5.56 Å². The molecule has 0 aliphatic rings. The number of rotatable bonds is 5. The Morgan fingerprint density at radius 1 is 0.789 bits per heavy atom. The number of hydrogen-bond donors (Lipinski definition) is 4. The van der Waals surface area contributed by atoms with Gasteiger partial charge in [0.2, 0.25) is 0 Å². The highest BCUT2D eigenvalue weighted by Crippen LogP contribution is 2.29. The fraction of sp³-hybridized carbons (Fsp3) is 0.0909. The highest BCUT2D eigenvalue weighted by Gasteiger charge is 2.57. The highest BCUT2D eigenvalue weighted by molar-refractivity contribution is 6.23. The van der Waals surface area contributed by atoms with Crippen molar-refractivity contribution in [2.24, 2.45) is 0 Å². The summed E-state index contributed by atoms with van der Waals surface area (Å²) in [7, 11) is 0. The molecule has 0 spiro atoms. The molecule has 0 amide bonds. The SMILES string of the molecule is O=C(O)c1ccccc1C(C(=O)O)(C(=O)O)C(=O)O. The first-order chi connectivity index (χ1) is 8.76. The molecular weight excluding hydrogens is 260 g/mol. The van der Waals surface area contributed by atoms with Gasteiger partial charge in [-0.2, -0.15) is 0 Å². The Balaban J connectivity index is 3.78. The van der Waals surface area contributed by atoms with Gasteiger partial charge < -0.3 is 20.4 Å². The van der Waals surface area contributed by atoms with Gasteiger partial charge in [-0.3, -0.25) is 0 Å². The maximum atomic E-state index is 11.1. The van der Waals surface area contributed by atoms with Crippen LogP contribution in [0.25, 0.3) is 0 Å². The number of carbonyl (C=O) groups is 4. The van der Waals surface area contributed by atoms with Crippen LogP contribution in [0.5, 0.6) is 0 Å². The molecule has 0 heterocycles. The predicted molar refractivity (Wildman–Crippen MR) is 58.0 cm³/mol. The van der Waals surface area contributed by atoms with Gasteiger partial charge in [0.25, 0.3) is 5.41 Å². The fourth-order valence-corrected chi connectivity index (χ4v) is 1.62. The Labute approximate surface area is 105 Å². The van der Waals surface area contributed by atoms with Crippen molar-refractivity contribution in [1.29, 1.82) is 0 Å². The van der Waals surface area contributed by atoms with E-state index >= 15 is 0 Å². The van der Waals surface area contributed by atoms with E-state index in [1.165, 1.54) is 6.07 Å². The molecule has 0 atom stereocenters. The summed E-state index contributed by atoms with van der Waals surface area (Å²) in [6.07, 6.45) is 0. The second-order valence-corrected chi connectivity index (χ2v) is 3.52. The molecule has 0 unspecified atom stereocenters. The van der Waals surface area contributed by atoms with Crippen LogP contribution in [0.1, 0.15) is 15.9 Å². The van der Waals surface area contributed by atoms with E-state index in [0.29, 0.717) is 0 Å². The van der Waals surface area contributed by atoms with Crippen LogP contribution in [0, 0.1) is 0 Å². The molecule has 4 N–H and O–H groups in total.